The van der Waals surface area contributed by atoms with Crippen LogP contribution in [0.25, 0.3) is 0 Å². The molecule has 4 rings (SSSR count). The Hall–Kier alpha value is -2.61. The van der Waals surface area contributed by atoms with Crippen molar-refractivity contribution < 1.29 is 9.53 Å². The van der Waals surface area contributed by atoms with Crippen molar-refractivity contribution in [3.63, 3.8) is 0 Å². The third-order valence-electron chi connectivity index (χ3n) is 5.50. The Labute approximate surface area is 158 Å². The highest BCUT2D eigenvalue weighted by molar-refractivity contribution is 5.94. The number of hydrogen-bond acceptors (Lipinski definition) is 7. The second-order valence-electron chi connectivity index (χ2n) is 7.95. The fourth-order valence-corrected chi connectivity index (χ4v) is 3.69. The third-order valence-corrected chi connectivity index (χ3v) is 5.50. The van der Waals surface area contributed by atoms with Gasteiger partial charge in [-0.25, -0.2) is 19.9 Å². The summed E-state index contributed by atoms with van der Waals surface area (Å²) in [5.74, 6) is 0.458. The van der Waals surface area contributed by atoms with Gasteiger partial charge in [-0.1, -0.05) is 0 Å². The first-order valence-corrected chi connectivity index (χ1v) is 9.20. The van der Waals surface area contributed by atoms with E-state index in [1.54, 1.807) is 24.8 Å². The average molecular weight is 368 g/mol. The summed E-state index contributed by atoms with van der Waals surface area (Å²) in [5.41, 5.74) is 1.27. The molecule has 27 heavy (non-hydrogen) atoms. The molecule has 0 aromatic carbocycles. The quantitative estimate of drug-likeness (QED) is 0.880. The van der Waals surface area contributed by atoms with Gasteiger partial charge in [0, 0.05) is 62.1 Å². The molecule has 1 spiro atoms. The first kappa shape index (κ1) is 17.8. The number of nitrogens with one attached hydrogen (secondary N) is 1. The van der Waals surface area contributed by atoms with Crippen molar-refractivity contribution in [2.24, 2.45) is 5.41 Å². The number of aromatic nitrogens is 4. The van der Waals surface area contributed by atoms with E-state index in [1.165, 1.54) is 6.33 Å². The lowest BCUT2D eigenvalue weighted by Gasteiger charge is -2.52. The van der Waals surface area contributed by atoms with Crippen molar-refractivity contribution in [3.05, 3.63) is 42.2 Å². The van der Waals surface area contributed by atoms with Gasteiger partial charge in [0.25, 0.3) is 5.91 Å². The molecule has 2 saturated heterocycles. The van der Waals surface area contributed by atoms with Gasteiger partial charge in [0.2, 0.25) is 5.95 Å². The van der Waals surface area contributed by atoms with Crippen molar-refractivity contribution in [1.82, 2.24) is 24.8 Å². The van der Waals surface area contributed by atoms with Crippen molar-refractivity contribution in [3.8, 4) is 0 Å². The molecule has 0 aliphatic carbocycles. The second kappa shape index (κ2) is 6.84. The van der Waals surface area contributed by atoms with Crippen LogP contribution in [0.1, 0.15) is 42.6 Å². The molecule has 2 fully saturated rings. The summed E-state index contributed by atoms with van der Waals surface area (Å²) in [6.07, 6.45) is 10.3. The van der Waals surface area contributed by atoms with Crippen molar-refractivity contribution in [2.75, 3.05) is 31.6 Å². The molecule has 0 bridgehead atoms. The van der Waals surface area contributed by atoms with E-state index in [2.05, 4.69) is 25.3 Å². The molecule has 142 valence electrons. The van der Waals surface area contributed by atoms with Gasteiger partial charge in [-0.05, 0) is 26.7 Å². The second-order valence-corrected chi connectivity index (χ2v) is 7.95. The van der Waals surface area contributed by atoms with Crippen LogP contribution in [-0.4, -0.2) is 57.0 Å². The normalized spacial score (nSPS) is 18.8. The van der Waals surface area contributed by atoms with Crippen LogP contribution in [0.3, 0.4) is 0 Å². The van der Waals surface area contributed by atoms with E-state index in [1.807, 2.05) is 18.7 Å². The summed E-state index contributed by atoms with van der Waals surface area (Å²) in [7, 11) is 0. The molecule has 2 aromatic rings. The number of likely N-dealkylation sites (tertiary alicyclic amines) is 1. The van der Waals surface area contributed by atoms with Crippen molar-refractivity contribution in [2.45, 2.75) is 32.2 Å². The minimum Gasteiger partial charge on any atom is -0.381 e. The first-order valence-electron chi connectivity index (χ1n) is 9.20. The summed E-state index contributed by atoms with van der Waals surface area (Å²) in [6, 6.07) is 0. The number of ether oxygens (including phenoxy) is 1. The summed E-state index contributed by atoms with van der Waals surface area (Å²) >= 11 is 0. The maximum absolute atomic E-state index is 12.6. The fraction of sp³-hybridized carbons (Fsp3) is 0.526. The number of nitrogens with zero attached hydrogens (tertiary/aromatic N) is 5. The summed E-state index contributed by atoms with van der Waals surface area (Å²) in [5, 5.41) is 3.26. The SMILES string of the molecule is CC(C)(Nc1ncc(C(=O)N2CC3(CCOCC3)C2)cn1)c1cncnc1. The van der Waals surface area contributed by atoms with E-state index in [9.17, 15) is 4.79 Å². The van der Waals surface area contributed by atoms with Crippen molar-refractivity contribution in [1.29, 1.82) is 0 Å². The molecule has 8 nitrogen and oxygen atoms in total. The highest BCUT2D eigenvalue weighted by atomic mass is 16.5. The van der Waals surface area contributed by atoms with Crippen molar-refractivity contribution >= 4 is 11.9 Å². The molecule has 0 saturated carbocycles. The van der Waals surface area contributed by atoms with Gasteiger partial charge in [0.1, 0.15) is 6.33 Å². The number of anilines is 1. The highest BCUT2D eigenvalue weighted by Gasteiger charge is 2.46. The van der Waals surface area contributed by atoms with Gasteiger partial charge < -0.3 is 15.0 Å². The zero-order chi connectivity index (χ0) is 18.9. The minimum absolute atomic E-state index is 0.00520. The predicted octanol–water partition coefficient (Wildman–Crippen LogP) is 1.87. The molecule has 2 aromatic heterocycles. The van der Waals surface area contributed by atoms with Gasteiger partial charge in [-0.15, -0.1) is 0 Å². The molecule has 2 aliphatic heterocycles. The van der Waals surface area contributed by atoms with E-state index in [0.29, 0.717) is 11.5 Å². The molecule has 8 heteroatoms. The zero-order valence-electron chi connectivity index (χ0n) is 15.7. The Kier molecular flexibility index (Phi) is 4.51. The van der Waals surface area contributed by atoms with E-state index in [4.69, 9.17) is 4.74 Å². The summed E-state index contributed by atoms with van der Waals surface area (Å²) in [6.45, 7) is 7.21. The molecular formula is C19H24N6O2. The molecule has 0 unspecified atom stereocenters. The fourth-order valence-electron chi connectivity index (χ4n) is 3.69. The number of carbonyl (C=O) groups excluding carboxylic acids is 1. The van der Waals surface area contributed by atoms with Crippen LogP contribution in [0.4, 0.5) is 5.95 Å². The summed E-state index contributed by atoms with van der Waals surface area (Å²) < 4.78 is 5.43. The maximum Gasteiger partial charge on any atom is 0.257 e. The Balaban J connectivity index is 1.38. The molecular weight excluding hydrogens is 344 g/mol. The van der Waals surface area contributed by atoms with Gasteiger partial charge in [0.05, 0.1) is 11.1 Å². The molecule has 2 aliphatic rings. The molecule has 0 radical (unpaired) electrons. The van der Waals surface area contributed by atoms with Crippen LogP contribution in [0, 0.1) is 5.41 Å². The van der Waals surface area contributed by atoms with E-state index in [0.717, 1.165) is 44.7 Å². The Morgan fingerprint density at radius 1 is 1.11 bits per heavy atom. The highest BCUT2D eigenvalue weighted by Crippen LogP contribution is 2.40. The topological polar surface area (TPSA) is 93.1 Å². The van der Waals surface area contributed by atoms with Crippen LogP contribution in [0.15, 0.2) is 31.1 Å². The molecule has 4 heterocycles. The largest absolute Gasteiger partial charge is 0.381 e. The van der Waals surface area contributed by atoms with Crippen LogP contribution in [-0.2, 0) is 10.3 Å². The number of carbonyl (C=O) groups is 1. The van der Waals surface area contributed by atoms with Gasteiger partial charge >= 0.3 is 0 Å². The standard InChI is InChI=1S/C19H24N6O2/c1-18(2,15-9-20-13-21-10-15)24-17-22-7-14(8-23-17)16(26)25-11-19(12-25)3-5-27-6-4-19/h7-10,13H,3-6,11-12H2,1-2H3,(H,22,23,24). The van der Waals surface area contributed by atoms with Crippen LogP contribution in [0.5, 0.6) is 0 Å². The predicted molar refractivity (Wildman–Crippen MR) is 99.1 cm³/mol. The minimum atomic E-state index is -0.431. The Morgan fingerprint density at radius 3 is 2.37 bits per heavy atom. The lowest BCUT2D eigenvalue weighted by atomic mass is 9.73. The lowest BCUT2D eigenvalue weighted by molar-refractivity contribution is -0.0666. The van der Waals surface area contributed by atoms with Gasteiger partial charge in [0.15, 0.2) is 0 Å². The number of rotatable bonds is 4. The molecule has 0 atom stereocenters. The van der Waals surface area contributed by atoms with Crippen LogP contribution >= 0.6 is 0 Å². The zero-order valence-corrected chi connectivity index (χ0v) is 15.7. The smallest absolute Gasteiger partial charge is 0.257 e. The van der Waals surface area contributed by atoms with Crippen LogP contribution in [0.2, 0.25) is 0 Å². The number of amides is 1. The van der Waals surface area contributed by atoms with E-state index < -0.39 is 5.54 Å². The van der Waals surface area contributed by atoms with E-state index in [-0.39, 0.29) is 11.3 Å². The monoisotopic (exact) mass is 368 g/mol. The average Bonchev–Trinajstić information content (AvgIpc) is 2.67. The lowest BCUT2D eigenvalue weighted by Crippen LogP contribution is -2.60. The van der Waals surface area contributed by atoms with Gasteiger partial charge in [-0.3, -0.25) is 4.79 Å². The first-order chi connectivity index (χ1) is 13.0. The van der Waals surface area contributed by atoms with Crippen LogP contribution < -0.4 is 5.32 Å². The van der Waals surface area contributed by atoms with E-state index >= 15 is 0 Å². The van der Waals surface area contributed by atoms with Gasteiger partial charge in [-0.2, -0.15) is 0 Å². The third kappa shape index (κ3) is 3.62. The summed E-state index contributed by atoms with van der Waals surface area (Å²) in [4.78, 5) is 31.3. The Morgan fingerprint density at radius 2 is 1.74 bits per heavy atom. The molecule has 1 amide bonds. The molecule has 1 N–H and O–H groups in total. The maximum atomic E-state index is 12.6. The number of hydrogen-bond donors (Lipinski definition) is 1. The Bertz CT molecular complexity index is 795.